The quantitative estimate of drug-likeness (QED) is 0.492. The van der Waals surface area contributed by atoms with E-state index in [4.69, 9.17) is 9.15 Å². The summed E-state index contributed by atoms with van der Waals surface area (Å²) < 4.78 is 11.3. The van der Waals surface area contributed by atoms with E-state index in [-0.39, 0.29) is 28.4 Å². The third-order valence-corrected chi connectivity index (χ3v) is 10.1. The van der Waals surface area contributed by atoms with Crippen molar-refractivity contribution in [2.24, 2.45) is 33.5 Å². The Hall–Kier alpha value is -2.14. The van der Waals surface area contributed by atoms with E-state index in [2.05, 4.69) is 39.0 Å². The van der Waals surface area contributed by atoms with Gasteiger partial charge in [0.2, 0.25) is 0 Å². The van der Waals surface area contributed by atoms with Crippen LogP contribution in [0.1, 0.15) is 72.3 Å². The van der Waals surface area contributed by atoms with Crippen LogP contribution in [-0.4, -0.2) is 29.1 Å². The minimum Gasteiger partial charge on any atom is -0.472 e. The van der Waals surface area contributed by atoms with E-state index in [1.165, 1.54) is 18.1 Å². The number of aliphatic hydroxyl groups is 1. The third kappa shape index (κ3) is 2.75. The lowest BCUT2D eigenvalue weighted by molar-refractivity contribution is -0.228. The molecule has 178 valence electrons. The summed E-state index contributed by atoms with van der Waals surface area (Å²) in [6, 6.07) is 2.05. The number of rotatable bonds is 2. The lowest BCUT2D eigenvalue weighted by atomic mass is 9.38. The molecule has 0 amide bonds. The molecule has 1 aromatic heterocycles. The van der Waals surface area contributed by atoms with Crippen LogP contribution in [0.5, 0.6) is 0 Å². The number of aliphatic hydroxyl groups excluding tert-OH is 1. The van der Waals surface area contributed by atoms with Crippen LogP contribution in [0.3, 0.4) is 0 Å². The number of esters is 1. The highest BCUT2D eigenvalue weighted by atomic mass is 16.6. The van der Waals surface area contributed by atoms with Crippen LogP contribution in [0.2, 0.25) is 0 Å². The summed E-state index contributed by atoms with van der Waals surface area (Å²) in [5.74, 6) is -0.262. The number of fused-ring (bicyclic) bond motifs is 5. The lowest BCUT2D eigenvalue weighted by Crippen LogP contribution is -2.70. The number of ketones is 1. The minimum absolute atomic E-state index is 0.0266. The number of allylic oxidation sites excluding steroid dienone is 3. The first kappa shape index (κ1) is 22.6. The summed E-state index contributed by atoms with van der Waals surface area (Å²) in [6.07, 6.45) is 10.9. The van der Waals surface area contributed by atoms with Gasteiger partial charge >= 0.3 is 5.97 Å². The van der Waals surface area contributed by atoms with Crippen molar-refractivity contribution in [3.8, 4) is 0 Å². The van der Waals surface area contributed by atoms with Crippen LogP contribution in [-0.2, 0) is 14.3 Å². The molecule has 33 heavy (non-hydrogen) atoms. The zero-order valence-electron chi connectivity index (χ0n) is 20.6. The first-order chi connectivity index (χ1) is 15.4. The van der Waals surface area contributed by atoms with Gasteiger partial charge in [0.05, 0.1) is 12.5 Å². The van der Waals surface area contributed by atoms with Gasteiger partial charge in [0.25, 0.3) is 0 Å². The van der Waals surface area contributed by atoms with Crippen molar-refractivity contribution in [2.75, 3.05) is 0 Å². The molecule has 0 bridgehead atoms. The SMILES string of the molecule is CC(=O)O[C@H]1[C@H]2C(C)(C)C(=O)C=C[C@]2(C)[C@@H]2CC[C@]3(C)C(=CC[C@H]3c3ccoc3)[C@]2(C)[C@H]1O. The maximum Gasteiger partial charge on any atom is 0.303 e. The Morgan fingerprint density at radius 1 is 1.21 bits per heavy atom. The second-order valence-electron chi connectivity index (χ2n) is 12.0. The molecule has 1 aromatic rings. The molecule has 8 atom stereocenters. The standard InChI is InChI=1S/C28H36O5/c1-16(29)33-22-23-25(2,3)21(30)10-13-27(23,5)20-9-12-26(4)18(17-11-14-32-15-17)7-8-19(26)28(20,6)24(22)31/h8,10-11,13-15,18,20,22-24,31H,7,9,12H2,1-6H3/t18-,20-,22-,23-,24-,26-,27+,28-/m0/s1. The van der Waals surface area contributed by atoms with Crippen molar-refractivity contribution in [3.05, 3.63) is 48.0 Å². The van der Waals surface area contributed by atoms with Crippen LogP contribution >= 0.6 is 0 Å². The molecule has 0 aromatic carbocycles. The monoisotopic (exact) mass is 452 g/mol. The van der Waals surface area contributed by atoms with Crippen molar-refractivity contribution in [3.63, 3.8) is 0 Å². The predicted octanol–water partition coefficient (Wildman–Crippen LogP) is 5.21. The van der Waals surface area contributed by atoms with E-state index in [1.807, 2.05) is 20.1 Å². The van der Waals surface area contributed by atoms with Gasteiger partial charge < -0.3 is 14.3 Å². The van der Waals surface area contributed by atoms with Gasteiger partial charge in [-0.15, -0.1) is 0 Å². The fourth-order valence-electron chi connectivity index (χ4n) is 8.74. The summed E-state index contributed by atoms with van der Waals surface area (Å²) in [5.41, 5.74) is 0.657. The molecule has 4 aliphatic carbocycles. The second kappa shape index (κ2) is 6.94. The van der Waals surface area contributed by atoms with Crippen molar-refractivity contribution < 1.29 is 23.8 Å². The molecule has 2 fully saturated rings. The second-order valence-corrected chi connectivity index (χ2v) is 12.0. The zero-order valence-corrected chi connectivity index (χ0v) is 20.6. The fraction of sp³-hybridized carbons (Fsp3) is 0.643. The molecular weight excluding hydrogens is 416 g/mol. The van der Waals surface area contributed by atoms with E-state index in [0.29, 0.717) is 5.92 Å². The van der Waals surface area contributed by atoms with Crippen molar-refractivity contribution in [1.29, 1.82) is 0 Å². The summed E-state index contributed by atoms with van der Waals surface area (Å²) in [4.78, 5) is 25.2. The fourth-order valence-corrected chi connectivity index (χ4v) is 8.74. The van der Waals surface area contributed by atoms with Gasteiger partial charge in [0, 0.05) is 23.7 Å². The number of carbonyl (C=O) groups excluding carboxylic acids is 2. The number of furan rings is 1. The summed E-state index contributed by atoms with van der Waals surface area (Å²) in [6.45, 7) is 11.9. The van der Waals surface area contributed by atoms with Crippen LogP contribution in [0.4, 0.5) is 0 Å². The summed E-state index contributed by atoms with van der Waals surface area (Å²) >= 11 is 0. The highest BCUT2D eigenvalue weighted by molar-refractivity contribution is 5.96. The largest absolute Gasteiger partial charge is 0.472 e. The molecule has 0 spiro atoms. The highest BCUT2D eigenvalue weighted by Gasteiger charge is 2.71. The normalized spacial score (nSPS) is 45.6. The Morgan fingerprint density at radius 2 is 1.94 bits per heavy atom. The Labute approximate surface area is 196 Å². The van der Waals surface area contributed by atoms with Crippen molar-refractivity contribution in [2.45, 2.75) is 78.9 Å². The number of hydrogen-bond donors (Lipinski definition) is 1. The van der Waals surface area contributed by atoms with Crippen molar-refractivity contribution in [1.82, 2.24) is 0 Å². The topological polar surface area (TPSA) is 76.7 Å². The van der Waals surface area contributed by atoms with E-state index in [0.717, 1.165) is 19.3 Å². The smallest absolute Gasteiger partial charge is 0.303 e. The Kier molecular flexibility index (Phi) is 4.76. The molecule has 0 saturated heterocycles. The predicted molar refractivity (Wildman–Crippen MR) is 124 cm³/mol. The van der Waals surface area contributed by atoms with E-state index in [9.17, 15) is 14.7 Å². The number of ether oxygens (including phenoxy) is 1. The molecule has 2 saturated carbocycles. The molecule has 0 radical (unpaired) electrons. The molecule has 1 heterocycles. The van der Waals surface area contributed by atoms with Crippen LogP contribution in [0.25, 0.3) is 0 Å². The van der Waals surface area contributed by atoms with Gasteiger partial charge in [-0.3, -0.25) is 9.59 Å². The maximum absolute atomic E-state index is 13.0. The number of hydrogen-bond acceptors (Lipinski definition) is 5. The van der Waals surface area contributed by atoms with E-state index >= 15 is 0 Å². The van der Waals surface area contributed by atoms with E-state index < -0.39 is 29.0 Å². The average Bonchev–Trinajstić information content (AvgIpc) is 3.36. The molecule has 0 aliphatic heterocycles. The Bertz CT molecular complexity index is 1050. The van der Waals surface area contributed by atoms with Crippen LogP contribution in [0, 0.1) is 33.5 Å². The van der Waals surface area contributed by atoms with Crippen molar-refractivity contribution >= 4 is 11.8 Å². The first-order valence-corrected chi connectivity index (χ1v) is 12.2. The van der Waals surface area contributed by atoms with E-state index in [1.54, 1.807) is 12.3 Å². The summed E-state index contributed by atoms with van der Waals surface area (Å²) in [7, 11) is 0. The van der Waals surface area contributed by atoms with Gasteiger partial charge in [-0.1, -0.05) is 52.3 Å². The highest BCUT2D eigenvalue weighted by Crippen LogP contribution is 2.72. The molecule has 5 heteroatoms. The Balaban J connectivity index is 1.67. The molecule has 5 nitrogen and oxygen atoms in total. The molecule has 5 rings (SSSR count). The Morgan fingerprint density at radius 3 is 2.58 bits per heavy atom. The van der Waals surface area contributed by atoms with Gasteiger partial charge in [-0.2, -0.15) is 0 Å². The zero-order chi connectivity index (χ0) is 24.0. The molecule has 4 aliphatic rings. The molecule has 0 unspecified atom stereocenters. The molecule has 1 N–H and O–H groups in total. The van der Waals surface area contributed by atoms with Crippen LogP contribution < -0.4 is 0 Å². The minimum atomic E-state index is -0.892. The lowest BCUT2D eigenvalue weighted by Gasteiger charge is -2.67. The maximum atomic E-state index is 13.0. The number of carbonyl (C=O) groups is 2. The average molecular weight is 453 g/mol. The van der Waals surface area contributed by atoms with Gasteiger partial charge in [0.15, 0.2) is 5.78 Å². The van der Waals surface area contributed by atoms with Gasteiger partial charge in [-0.25, -0.2) is 0 Å². The third-order valence-electron chi connectivity index (χ3n) is 10.1. The molecular formula is C28H36O5. The van der Waals surface area contributed by atoms with Crippen LogP contribution in [0.15, 0.2) is 46.8 Å². The van der Waals surface area contributed by atoms with Gasteiger partial charge in [-0.05, 0) is 59.6 Å². The van der Waals surface area contributed by atoms with Gasteiger partial charge in [0.1, 0.15) is 12.2 Å². The summed E-state index contributed by atoms with van der Waals surface area (Å²) in [5, 5.41) is 12.1. The first-order valence-electron chi connectivity index (χ1n) is 12.2.